The van der Waals surface area contributed by atoms with Gasteiger partial charge in [0.1, 0.15) is 4.90 Å². The van der Waals surface area contributed by atoms with Gasteiger partial charge in [-0.3, -0.25) is 9.10 Å². The number of carbonyl (C=O) groups is 1. The van der Waals surface area contributed by atoms with Crippen LogP contribution in [0.25, 0.3) is 11.3 Å². The molecule has 0 radical (unpaired) electrons. The van der Waals surface area contributed by atoms with Gasteiger partial charge in [0.05, 0.1) is 17.6 Å². The number of piperazine rings is 1. The smallest absolute Gasteiger partial charge is 0.268 e. The first-order chi connectivity index (χ1) is 18.2. The Kier molecular flexibility index (Phi) is 6.97. The van der Waals surface area contributed by atoms with Gasteiger partial charge in [-0.15, -0.1) is 0 Å². The van der Waals surface area contributed by atoms with Crippen molar-refractivity contribution in [3.05, 3.63) is 54.2 Å². The molecule has 11 heteroatoms. The molecular formula is C27H33N7O3S. The molecule has 3 heterocycles. The van der Waals surface area contributed by atoms with Crippen LogP contribution >= 0.6 is 0 Å². The van der Waals surface area contributed by atoms with Crippen LogP contribution in [0.3, 0.4) is 0 Å². The summed E-state index contributed by atoms with van der Waals surface area (Å²) >= 11 is 0. The molecule has 0 atom stereocenters. The van der Waals surface area contributed by atoms with E-state index in [1.54, 1.807) is 32.3 Å². The maximum atomic E-state index is 13.6. The molecular weight excluding hydrogens is 502 g/mol. The molecule has 1 N–H and O–H groups in total. The molecule has 0 saturated carbocycles. The van der Waals surface area contributed by atoms with Crippen LogP contribution in [0.15, 0.2) is 53.6 Å². The minimum Gasteiger partial charge on any atom is -0.369 e. The third-order valence-corrected chi connectivity index (χ3v) is 8.73. The molecule has 0 spiro atoms. The van der Waals surface area contributed by atoms with Gasteiger partial charge in [0, 0.05) is 69.3 Å². The number of likely N-dealkylation sites (N-methyl/N-ethyl adjacent to an activating group) is 1. The van der Waals surface area contributed by atoms with Crippen molar-refractivity contribution in [2.24, 2.45) is 0 Å². The summed E-state index contributed by atoms with van der Waals surface area (Å²) in [7, 11) is 1.58. The summed E-state index contributed by atoms with van der Waals surface area (Å²) < 4.78 is 28.5. The molecule has 0 unspecified atom stereocenters. The molecule has 3 aromatic rings. The largest absolute Gasteiger partial charge is 0.369 e. The average Bonchev–Trinajstić information content (AvgIpc) is 2.91. The maximum Gasteiger partial charge on any atom is 0.268 e. The van der Waals surface area contributed by atoms with E-state index in [1.165, 1.54) is 15.4 Å². The molecule has 0 aliphatic carbocycles. The van der Waals surface area contributed by atoms with Crippen molar-refractivity contribution in [3.8, 4) is 11.3 Å². The van der Waals surface area contributed by atoms with Crippen LogP contribution in [0, 0.1) is 0 Å². The Bertz CT molecular complexity index is 1450. The van der Waals surface area contributed by atoms with Gasteiger partial charge in [0.15, 0.2) is 0 Å². The highest BCUT2D eigenvalue weighted by Crippen LogP contribution is 2.43. The number of nitrogens with one attached hydrogen (secondary N) is 1. The SMILES string of the molecule is CCCN1c2cc(C(=O)N(C)C)ccc2-c2nc(Nc3ccc(N4CCN(C)CC4)cc3)ncc2S1(=O)=O. The molecule has 10 nitrogen and oxygen atoms in total. The molecule has 38 heavy (non-hydrogen) atoms. The molecule has 1 fully saturated rings. The van der Waals surface area contributed by atoms with E-state index < -0.39 is 10.0 Å². The Morgan fingerprint density at radius 2 is 1.76 bits per heavy atom. The van der Waals surface area contributed by atoms with Gasteiger partial charge < -0.3 is 20.0 Å². The highest BCUT2D eigenvalue weighted by Gasteiger charge is 2.36. The third-order valence-electron chi connectivity index (χ3n) is 6.92. The van der Waals surface area contributed by atoms with Crippen LogP contribution in [0.2, 0.25) is 0 Å². The number of aromatic nitrogens is 2. The van der Waals surface area contributed by atoms with Crippen LogP contribution in [0.1, 0.15) is 23.7 Å². The lowest BCUT2D eigenvalue weighted by Crippen LogP contribution is -2.44. The van der Waals surface area contributed by atoms with E-state index >= 15 is 0 Å². The topological polar surface area (TPSA) is 102 Å². The molecule has 2 aromatic carbocycles. The number of anilines is 4. The Balaban J connectivity index is 1.47. The average molecular weight is 536 g/mol. The van der Waals surface area contributed by atoms with E-state index in [0.717, 1.165) is 37.6 Å². The zero-order chi connectivity index (χ0) is 27.0. The number of benzene rings is 2. The van der Waals surface area contributed by atoms with Gasteiger partial charge in [-0.1, -0.05) is 6.92 Å². The molecule has 0 bridgehead atoms. The fourth-order valence-electron chi connectivity index (χ4n) is 4.78. The third kappa shape index (κ3) is 4.79. The summed E-state index contributed by atoms with van der Waals surface area (Å²) in [6.45, 7) is 6.25. The predicted octanol–water partition coefficient (Wildman–Crippen LogP) is 3.26. The molecule has 1 amide bonds. The molecule has 2 aliphatic heterocycles. The second kappa shape index (κ2) is 10.2. The van der Waals surface area contributed by atoms with E-state index in [0.29, 0.717) is 34.9 Å². The van der Waals surface area contributed by atoms with Gasteiger partial charge in [0.25, 0.3) is 15.9 Å². The first kappa shape index (κ1) is 25.9. The second-order valence-electron chi connectivity index (χ2n) is 9.88. The molecule has 5 rings (SSSR count). The standard InChI is InChI=1S/C27H33N7O3S/c1-5-12-34-23-17-19(26(35)31(2)3)6-11-22(23)25-24(38(34,36)37)18-28-27(30-25)29-20-7-9-21(10-8-20)33-15-13-32(4)14-16-33/h6-11,17-18H,5,12-16H2,1-4H3,(H,28,29,30). The van der Waals surface area contributed by atoms with Crippen molar-refractivity contribution in [3.63, 3.8) is 0 Å². The number of hydrogen-bond donors (Lipinski definition) is 1. The first-order valence-corrected chi connectivity index (χ1v) is 14.2. The van der Waals surface area contributed by atoms with Gasteiger partial charge in [-0.2, -0.15) is 0 Å². The van der Waals surface area contributed by atoms with Crippen LogP contribution in [0.5, 0.6) is 0 Å². The van der Waals surface area contributed by atoms with Crippen molar-refractivity contribution in [1.29, 1.82) is 0 Å². The fourth-order valence-corrected chi connectivity index (χ4v) is 6.44. The Hall–Kier alpha value is -3.70. The summed E-state index contributed by atoms with van der Waals surface area (Å²) in [6, 6.07) is 13.2. The summed E-state index contributed by atoms with van der Waals surface area (Å²) in [5.41, 5.74) is 3.81. The number of rotatable bonds is 6. The lowest BCUT2D eigenvalue weighted by molar-refractivity contribution is 0.0827. The summed E-state index contributed by atoms with van der Waals surface area (Å²) in [6.07, 6.45) is 1.98. The number of nitrogens with zero attached hydrogens (tertiary/aromatic N) is 6. The zero-order valence-corrected chi connectivity index (χ0v) is 23.0. The van der Waals surface area contributed by atoms with Gasteiger partial charge >= 0.3 is 0 Å². The first-order valence-electron chi connectivity index (χ1n) is 12.8. The van der Waals surface area contributed by atoms with E-state index in [1.807, 2.05) is 19.1 Å². The number of hydrogen-bond acceptors (Lipinski definition) is 8. The zero-order valence-electron chi connectivity index (χ0n) is 22.2. The van der Waals surface area contributed by atoms with Gasteiger partial charge in [-0.05, 0) is 55.9 Å². The predicted molar refractivity (Wildman–Crippen MR) is 150 cm³/mol. The van der Waals surface area contributed by atoms with Crippen molar-refractivity contribution < 1.29 is 13.2 Å². The Labute approximate surface area is 223 Å². The lowest BCUT2D eigenvalue weighted by Gasteiger charge is -2.34. The maximum absolute atomic E-state index is 13.6. The highest BCUT2D eigenvalue weighted by atomic mass is 32.2. The normalized spacial score (nSPS) is 16.5. The highest BCUT2D eigenvalue weighted by molar-refractivity contribution is 7.93. The van der Waals surface area contributed by atoms with Crippen molar-refractivity contribution >= 4 is 38.9 Å². The summed E-state index contributed by atoms with van der Waals surface area (Å²) in [4.78, 5) is 27.8. The molecule has 1 aromatic heterocycles. The lowest BCUT2D eigenvalue weighted by atomic mass is 10.0. The number of carbonyl (C=O) groups excluding carboxylic acids is 1. The van der Waals surface area contributed by atoms with E-state index in [2.05, 4.69) is 44.3 Å². The quantitative estimate of drug-likeness (QED) is 0.513. The van der Waals surface area contributed by atoms with Crippen LogP contribution < -0.4 is 14.5 Å². The second-order valence-corrected chi connectivity index (χ2v) is 11.7. The van der Waals surface area contributed by atoms with Crippen LogP contribution in [-0.4, -0.2) is 88.0 Å². The van der Waals surface area contributed by atoms with E-state index in [4.69, 9.17) is 0 Å². The summed E-state index contributed by atoms with van der Waals surface area (Å²) in [5, 5.41) is 3.21. The monoisotopic (exact) mass is 535 g/mol. The van der Waals surface area contributed by atoms with Crippen molar-refractivity contribution in [1.82, 2.24) is 19.8 Å². The van der Waals surface area contributed by atoms with Gasteiger partial charge in [-0.25, -0.2) is 18.4 Å². The van der Waals surface area contributed by atoms with E-state index in [-0.39, 0.29) is 17.3 Å². The van der Waals surface area contributed by atoms with Crippen molar-refractivity contribution in [2.45, 2.75) is 18.2 Å². The van der Waals surface area contributed by atoms with Crippen LogP contribution in [0.4, 0.5) is 23.0 Å². The molecule has 200 valence electrons. The number of amides is 1. The van der Waals surface area contributed by atoms with Crippen LogP contribution in [-0.2, 0) is 10.0 Å². The van der Waals surface area contributed by atoms with E-state index in [9.17, 15) is 13.2 Å². The number of sulfonamides is 1. The number of fused-ring (bicyclic) bond motifs is 3. The Morgan fingerprint density at radius 1 is 1.05 bits per heavy atom. The Morgan fingerprint density at radius 3 is 2.42 bits per heavy atom. The van der Waals surface area contributed by atoms with Crippen molar-refractivity contribution in [2.75, 3.05) is 68.4 Å². The summed E-state index contributed by atoms with van der Waals surface area (Å²) in [5.74, 6) is 0.104. The fraction of sp³-hybridized carbons (Fsp3) is 0.370. The molecule has 2 aliphatic rings. The minimum atomic E-state index is -3.89. The minimum absolute atomic E-state index is 0.0566. The molecule has 1 saturated heterocycles. The van der Waals surface area contributed by atoms with Gasteiger partial charge in [0.2, 0.25) is 5.95 Å².